The van der Waals surface area contributed by atoms with Crippen LogP contribution in [-0.4, -0.2) is 58.0 Å². The predicted octanol–water partition coefficient (Wildman–Crippen LogP) is 0.456. The van der Waals surface area contributed by atoms with Gasteiger partial charge in [-0.1, -0.05) is 17.3 Å². The molecule has 0 saturated carbocycles. The van der Waals surface area contributed by atoms with Crippen LogP contribution in [0.25, 0.3) is 0 Å². The van der Waals surface area contributed by atoms with Crippen LogP contribution >= 0.6 is 0 Å². The van der Waals surface area contributed by atoms with Crippen molar-refractivity contribution in [1.82, 2.24) is 5.16 Å². The van der Waals surface area contributed by atoms with E-state index < -0.39 is 17.3 Å². The van der Waals surface area contributed by atoms with Crippen LogP contribution in [0.5, 0.6) is 5.75 Å². The summed E-state index contributed by atoms with van der Waals surface area (Å²) in [5.74, 6) is 0.286. The average Bonchev–Trinajstić information content (AvgIpc) is 2.94. The Labute approximate surface area is 157 Å². The van der Waals surface area contributed by atoms with Gasteiger partial charge in [-0.05, 0) is 26.0 Å². The largest absolute Gasteiger partial charge is 0.707 e. The molecule has 2 aromatic rings. The van der Waals surface area contributed by atoms with Gasteiger partial charge in [-0.3, -0.25) is 0 Å². The Morgan fingerprint density at radius 3 is 2.52 bits per heavy atom. The third kappa shape index (κ3) is 4.99. The van der Waals surface area contributed by atoms with E-state index in [1.807, 2.05) is 0 Å². The van der Waals surface area contributed by atoms with Crippen molar-refractivity contribution in [1.29, 1.82) is 0 Å². The number of hydrogen-bond donors (Lipinski definition) is 2. The fraction of sp³-hybridized carbons (Fsp3) is 0.400. The van der Waals surface area contributed by atoms with Crippen molar-refractivity contribution in [3.63, 3.8) is 0 Å². The number of ether oxygens (including phenoxy) is 2. The molecule has 12 heteroatoms. The zero-order valence-corrected chi connectivity index (χ0v) is 16.0. The minimum atomic E-state index is -4.23. The van der Waals surface area contributed by atoms with E-state index in [0.717, 1.165) is 4.31 Å². The zero-order chi connectivity index (χ0) is 20.0. The lowest BCUT2D eigenvalue weighted by molar-refractivity contribution is 0.0753. The first-order chi connectivity index (χ1) is 12.8. The molecule has 0 spiro atoms. The second kappa shape index (κ2) is 9.19. The summed E-state index contributed by atoms with van der Waals surface area (Å²) in [5.41, 5.74) is 0.523. The number of benzene rings is 1. The van der Waals surface area contributed by atoms with Gasteiger partial charge in [-0.15, -0.1) is 0 Å². The smallest absolute Gasteiger partial charge is 0.511 e. The Morgan fingerprint density at radius 2 is 1.93 bits per heavy atom. The van der Waals surface area contributed by atoms with Crippen LogP contribution in [0.15, 0.2) is 33.7 Å². The number of methoxy groups -OCH3 is 1. The Hall–Kier alpha value is -2.12. The normalized spacial score (nSPS) is 11.4. The lowest BCUT2D eigenvalue weighted by Gasteiger charge is -2.23. The van der Waals surface area contributed by atoms with Crippen LogP contribution in [0.3, 0.4) is 0 Å². The summed E-state index contributed by atoms with van der Waals surface area (Å²) in [5, 5.41) is 21.9. The Bertz CT molecular complexity index is 855. The molecule has 148 valence electrons. The van der Waals surface area contributed by atoms with Crippen molar-refractivity contribution < 1.29 is 37.1 Å². The molecule has 0 radical (unpaired) electrons. The molecule has 1 heterocycles. The molecule has 2 N–H and O–H groups in total. The van der Waals surface area contributed by atoms with Gasteiger partial charge < -0.3 is 28.7 Å². The third-order valence-electron chi connectivity index (χ3n) is 3.66. The molecule has 27 heavy (non-hydrogen) atoms. The van der Waals surface area contributed by atoms with Crippen LogP contribution in [0.4, 0.5) is 5.82 Å². The molecule has 1 aromatic heterocycles. The number of para-hydroxylation sites is 1. The van der Waals surface area contributed by atoms with Gasteiger partial charge in [-0.25, -0.2) is 12.7 Å². The van der Waals surface area contributed by atoms with E-state index in [1.165, 1.54) is 31.4 Å². The molecule has 0 saturated heterocycles. The first kappa shape index (κ1) is 21.2. The van der Waals surface area contributed by atoms with Crippen molar-refractivity contribution in [3.05, 3.63) is 35.6 Å². The van der Waals surface area contributed by atoms with Gasteiger partial charge in [-0.2, -0.15) is 0 Å². The van der Waals surface area contributed by atoms with Crippen molar-refractivity contribution in [2.75, 3.05) is 31.4 Å². The summed E-state index contributed by atoms with van der Waals surface area (Å²) >= 11 is 0. The molecule has 0 aliphatic carbocycles. The van der Waals surface area contributed by atoms with E-state index in [1.54, 1.807) is 13.8 Å². The maximum atomic E-state index is 13.3. The highest BCUT2D eigenvalue weighted by molar-refractivity contribution is 7.93. The molecule has 0 aliphatic rings. The van der Waals surface area contributed by atoms with E-state index in [9.17, 15) is 8.42 Å². The molecule has 0 amide bonds. The molecule has 0 atom stereocenters. The van der Waals surface area contributed by atoms with Crippen LogP contribution < -0.4 is 8.96 Å². The van der Waals surface area contributed by atoms with Gasteiger partial charge in [0, 0.05) is 12.7 Å². The molecule has 0 unspecified atom stereocenters. The highest BCUT2D eigenvalue weighted by atomic mass is 32.2. The third-order valence-corrected chi connectivity index (χ3v) is 5.41. The minimum absolute atomic E-state index is 0.0595. The number of aryl methyl sites for hydroxylation is 1. The first-order valence-corrected chi connectivity index (χ1v) is 9.37. The van der Waals surface area contributed by atoms with E-state index in [-0.39, 0.29) is 36.4 Å². The molecule has 2 rings (SSSR count). The van der Waals surface area contributed by atoms with E-state index in [0.29, 0.717) is 11.3 Å². The highest BCUT2D eigenvalue weighted by Gasteiger charge is 2.32. The average molecular weight is 400 g/mol. The summed E-state index contributed by atoms with van der Waals surface area (Å²) in [4.78, 5) is -0.284. The summed E-state index contributed by atoms with van der Waals surface area (Å²) in [7, 11) is -4.91. The molecule has 0 bridgehead atoms. The van der Waals surface area contributed by atoms with E-state index in [2.05, 4.69) is 5.16 Å². The number of anilines is 1. The fourth-order valence-corrected chi connectivity index (χ4v) is 3.64. The second-order valence-electron chi connectivity index (χ2n) is 5.46. The molecule has 0 fully saturated rings. The summed E-state index contributed by atoms with van der Waals surface area (Å²) in [6, 6.07) is 5.56. The van der Waals surface area contributed by atoms with Gasteiger partial charge in [0.2, 0.25) is 0 Å². The zero-order valence-electron chi connectivity index (χ0n) is 15.2. The van der Waals surface area contributed by atoms with Crippen molar-refractivity contribution in [2.24, 2.45) is 0 Å². The number of nitrogens with zero attached hydrogens (tertiary/aromatic N) is 2. The quantitative estimate of drug-likeness (QED) is 0.332. The number of aromatic nitrogens is 1. The second-order valence-corrected chi connectivity index (χ2v) is 7.29. The van der Waals surface area contributed by atoms with Gasteiger partial charge in [0.1, 0.15) is 23.1 Å². The van der Waals surface area contributed by atoms with Crippen molar-refractivity contribution in [2.45, 2.75) is 18.7 Å². The molecule has 10 nitrogen and oxygen atoms in total. The van der Waals surface area contributed by atoms with Gasteiger partial charge in [0.05, 0.1) is 13.2 Å². The van der Waals surface area contributed by atoms with Crippen LogP contribution in [0.2, 0.25) is 0 Å². The van der Waals surface area contributed by atoms with Crippen molar-refractivity contribution >= 4 is 23.2 Å². The number of hydrogen-bond acceptors (Lipinski definition) is 9. The molecular weight excluding hydrogens is 379 g/mol. The maximum absolute atomic E-state index is 13.3. The van der Waals surface area contributed by atoms with Crippen LogP contribution in [-0.2, 0) is 19.5 Å². The molecule has 1 aromatic carbocycles. The predicted molar refractivity (Wildman–Crippen MR) is 95.6 cm³/mol. The Balaban J connectivity index is 2.46. The van der Waals surface area contributed by atoms with E-state index in [4.69, 9.17) is 28.7 Å². The van der Waals surface area contributed by atoms with Gasteiger partial charge >= 0.3 is 7.32 Å². The fourth-order valence-electron chi connectivity index (χ4n) is 2.17. The number of rotatable bonds is 10. The minimum Gasteiger partial charge on any atom is -0.511 e. The topological polar surface area (TPSA) is 132 Å². The van der Waals surface area contributed by atoms with E-state index >= 15 is 0 Å². The molecule has 0 aliphatic heterocycles. The highest BCUT2D eigenvalue weighted by Crippen LogP contribution is 2.31. The standard InChI is InChI=1S/C15H21BN2O8S/c1-11-12(2)26-17-15(11)18(10-24-9-8-23-3)27(21,22)14-7-5-4-6-13(14)25-16(19)20/h4-7,19-20H,8-10H2,1-3H3. The Kier molecular flexibility index (Phi) is 7.22. The molecular formula is C15H21BN2O8S. The van der Waals surface area contributed by atoms with Gasteiger partial charge in [0.25, 0.3) is 10.0 Å². The SMILES string of the molecule is COCCOCN(c1noc(C)c1C)S(=O)(=O)c1ccccc1OB(O)O. The van der Waals surface area contributed by atoms with Crippen LogP contribution in [0, 0.1) is 13.8 Å². The lowest BCUT2D eigenvalue weighted by Crippen LogP contribution is -2.35. The first-order valence-electron chi connectivity index (χ1n) is 7.93. The number of sulfonamides is 1. The summed E-state index contributed by atoms with van der Waals surface area (Å²) < 4.78 is 47.6. The monoisotopic (exact) mass is 400 g/mol. The maximum Gasteiger partial charge on any atom is 0.707 e. The lowest BCUT2D eigenvalue weighted by atomic mass is 10.2. The summed E-state index contributed by atoms with van der Waals surface area (Å²) in [6.07, 6.45) is 0. The summed E-state index contributed by atoms with van der Waals surface area (Å²) in [6.45, 7) is 3.40. The Morgan fingerprint density at radius 1 is 1.22 bits per heavy atom. The van der Waals surface area contributed by atoms with Crippen molar-refractivity contribution in [3.8, 4) is 5.75 Å². The van der Waals surface area contributed by atoms with Crippen LogP contribution in [0.1, 0.15) is 11.3 Å². The van der Waals surface area contributed by atoms with Gasteiger partial charge in [0.15, 0.2) is 5.82 Å².